The van der Waals surface area contributed by atoms with E-state index in [2.05, 4.69) is 5.32 Å². The fourth-order valence-corrected chi connectivity index (χ4v) is 2.92. The van der Waals surface area contributed by atoms with Gasteiger partial charge in [0.25, 0.3) is 5.91 Å². The van der Waals surface area contributed by atoms with Gasteiger partial charge in [0, 0.05) is 5.69 Å². The molecule has 10 nitrogen and oxygen atoms in total. The fourth-order valence-electron chi connectivity index (χ4n) is 2.24. The predicted octanol–water partition coefficient (Wildman–Crippen LogP) is -4.84. The molecule has 0 spiro atoms. The molecule has 0 bridgehead atoms. The number of nitrogens with two attached hydrogens (primary N) is 1. The van der Waals surface area contributed by atoms with Crippen LogP contribution in [0.15, 0.2) is 30.3 Å². The van der Waals surface area contributed by atoms with Crippen LogP contribution in [0.1, 0.15) is 6.92 Å². The number of carbonyl (C=O) groups is 3. The molecule has 1 unspecified atom stereocenters. The van der Waals surface area contributed by atoms with Crippen molar-refractivity contribution in [2.75, 3.05) is 18.0 Å². The zero-order chi connectivity index (χ0) is 18.8. The zero-order valence-electron chi connectivity index (χ0n) is 14.3. The molecule has 1 aromatic rings. The van der Waals surface area contributed by atoms with Crippen LogP contribution in [-0.4, -0.2) is 60.2 Å². The first-order valence-corrected chi connectivity index (χ1v) is 8.66. The third-order valence-corrected chi connectivity index (χ3v) is 4.39. The van der Waals surface area contributed by atoms with Gasteiger partial charge in [0.1, 0.15) is 12.6 Å². The van der Waals surface area contributed by atoms with Gasteiger partial charge in [-0.2, -0.15) is 0 Å². The summed E-state index contributed by atoms with van der Waals surface area (Å²) in [6.07, 6.45) is 0. The number of hydrogen-bond donors (Lipinski definition) is 2. The van der Waals surface area contributed by atoms with Crippen LogP contribution in [0.2, 0.25) is 0 Å². The summed E-state index contributed by atoms with van der Waals surface area (Å²) in [7, 11) is -4.87. The normalized spacial score (nSPS) is 17.6. The van der Waals surface area contributed by atoms with Gasteiger partial charge in [0.2, 0.25) is 11.8 Å². The molecule has 1 fully saturated rings. The number of amides is 3. The Morgan fingerprint density at radius 1 is 1.38 bits per heavy atom. The van der Waals surface area contributed by atoms with Crippen molar-refractivity contribution in [2.24, 2.45) is 5.73 Å². The first-order valence-electron chi connectivity index (χ1n) is 7.30. The number of hydrogen-bond acceptors (Lipinski definition) is 7. The molecule has 26 heavy (non-hydrogen) atoms. The van der Waals surface area contributed by atoms with E-state index < -0.39 is 53.2 Å². The second-order valence-corrected chi connectivity index (χ2v) is 6.79. The maximum Gasteiger partial charge on any atom is 1.00 e. The maximum absolute atomic E-state index is 12.2. The van der Waals surface area contributed by atoms with E-state index in [1.54, 1.807) is 30.3 Å². The Hall–Kier alpha value is -1.50. The Balaban J connectivity index is 0.00000338. The molecule has 3 amide bonds. The number of carbonyl (C=O) groups excluding carboxylic acids is 3. The number of rotatable bonds is 6. The van der Waals surface area contributed by atoms with Crippen LogP contribution in [0.25, 0.3) is 0 Å². The monoisotopic (exact) mass is 392 g/mol. The van der Waals surface area contributed by atoms with Crippen LogP contribution in [0.3, 0.4) is 0 Å². The van der Waals surface area contributed by atoms with Crippen molar-refractivity contribution in [3.63, 3.8) is 0 Å². The molecule has 1 aliphatic rings. The Morgan fingerprint density at radius 3 is 2.42 bits per heavy atom. The van der Waals surface area contributed by atoms with Gasteiger partial charge in [0.05, 0.1) is 12.6 Å². The van der Waals surface area contributed by atoms with Gasteiger partial charge in [-0.05, 0) is 19.1 Å². The Labute approximate surface area is 172 Å². The second-order valence-electron chi connectivity index (χ2n) is 5.50. The number of anilines is 1. The first kappa shape index (κ1) is 22.5. The van der Waals surface area contributed by atoms with Gasteiger partial charge >= 0.3 is 29.6 Å². The van der Waals surface area contributed by atoms with Crippen molar-refractivity contribution in [1.82, 2.24) is 9.62 Å². The van der Waals surface area contributed by atoms with E-state index >= 15 is 0 Å². The minimum atomic E-state index is -4.87. The number of nitrogens with one attached hydrogen (secondary N) is 1. The molecule has 1 heterocycles. The van der Waals surface area contributed by atoms with Gasteiger partial charge in [-0.1, -0.05) is 18.2 Å². The minimum Gasteiger partial charge on any atom is -0.731 e. The number of para-hydroxylation sites is 1. The Bertz CT molecular complexity index is 786. The predicted molar refractivity (Wildman–Crippen MR) is 85.8 cm³/mol. The molecule has 3 N–H and O–H groups in total. The summed E-state index contributed by atoms with van der Waals surface area (Å²) in [5.41, 5.74) is 6.04. The van der Waals surface area contributed by atoms with Crippen molar-refractivity contribution in [2.45, 2.75) is 19.0 Å². The fraction of sp³-hybridized carbons (Fsp3) is 0.357. The number of β-lactam (4-membered cyclic amide) rings is 1. The van der Waals surface area contributed by atoms with E-state index in [1.165, 1.54) is 6.92 Å². The van der Waals surface area contributed by atoms with Gasteiger partial charge in [-0.3, -0.25) is 14.4 Å². The first-order chi connectivity index (χ1) is 11.6. The van der Waals surface area contributed by atoms with Crippen LogP contribution in [0.4, 0.5) is 5.69 Å². The average Bonchev–Trinajstić information content (AvgIpc) is 2.54. The van der Waals surface area contributed by atoms with E-state index in [0.29, 0.717) is 5.69 Å². The third kappa shape index (κ3) is 5.25. The van der Waals surface area contributed by atoms with Crippen molar-refractivity contribution < 1.29 is 56.9 Å². The largest absolute Gasteiger partial charge is 1.00 e. The van der Waals surface area contributed by atoms with E-state index in [-0.39, 0.29) is 33.9 Å². The van der Waals surface area contributed by atoms with Gasteiger partial charge < -0.3 is 20.5 Å². The summed E-state index contributed by atoms with van der Waals surface area (Å²) in [6, 6.07) is 6.38. The average molecular weight is 392 g/mol. The summed E-state index contributed by atoms with van der Waals surface area (Å²) in [5.74, 6) is -2.18. The molecule has 136 valence electrons. The molecule has 2 rings (SSSR count). The van der Waals surface area contributed by atoms with Crippen molar-refractivity contribution >= 4 is 33.7 Å². The topological polar surface area (TPSA) is 153 Å². The summed E-state index contributed by atoms with van der Waals surface area (Å²) in [6.45, 7) is 0.643. The second kappa shape index (κ2) is 8.93. The molecule has 0 saturated carbocycles. The quantitative estimate of drug-likeness (QED) is 0.280. The molecular formula is C14H17N4NaO6S. The standard InChI is InChI=1S/C14H18N4O6S.Na/c1-9(15)13(20)17(10-5-3-2-4-6-10)8-12(19)16-11-7-18(14(11)21)25(22,23)24;/h2-6,9,11H,7-8,15H2,1H3,(H,16,19)(H,22,23,24);/q;+1/p-1/t9-,11?;/m1./s1. The summed E-state index contributed by atoms with van der Waals surface area (Å²) < 4.78 is 32.4. The molecule has 1 aliphatic heterocycles. The van der Waals surface area contributed by atoms with Crippen LogP contribution < -0.4 is 45.5 Å². The van der Waals surface area contributed by atoms with Crippen molar-refractivity contribution in [3.8, 4) is 0 Å². The number of nitrogens with zero attached hydrogens (tertiary/aromatic N) is 2. The maximum atomic E-state index is 12.2. The van der Waals surface area contributed by atoms with Gasteiger partial charge in [0.15, 0.2) is 10.3 Å². The van der Waals surface area contributed by atoms with E-state index in [9.17, 15) is 27.4 Å². The van der Waals surface area contributed by atoms with E-state index in [0.717, 1.165) is 4.90 Å². The summed E-state index contributed by atoms with van der Waals surface area (Å²) in [5, 5.41) is 2.29. The molecule has 12 heteroatoms. The Morgan fingerprint density at radius 2 is 1.96 bits per heavy atom. The van der Waals surface area contributed by atoms with Crippen molar-refractivity contribution in [1.29, 1.82) is 0 Å². The SMILES string of the molecule is C[C@@H](N)C(=O)N(CC(=O)NC1CN(S(=O)(=O)[O-])C1=O)c1ccccc1.[Na+]. The van der Waals surface area contributed by atoms with Crippen LogP contribution in [-0.2, 0) is 24.7 Å². The molecule has 0 aromatic heterocycles. The molecule has 1 saturated heterocycles. The molecule has 0 radical (unpaired) electrons. The van der Waals surface area contributed by atoms with Crippen molar-refractivity contribution in [3.05, 3.63) is 30.3 Å². The zero-order valence-corrected chi connectivity index (χ0v) is 17.1. The molecule has 1 aromatic carbocycles. The van der Waals surface area contributed by atoms with Gasteiger partial charge in [-0.25, -0.2) is 12.7 Å². The molecule has 2 atom stereocenters. The third-order valence-electron chi connectivity index (χ3n) is 3.52. The van der Waals surface area contributed by atoms with Crippen LogP contribution in [0, 0.1) is 0 Å². The summed E-state index contributed by atoms with van der Waals surface area (Å²) in [4.78, 5) is 37.1. The van der Waals surface area contributed by atoms with E-state index in [1.807, 2.05) is 0 Å². The van der Waals surface area contributed by atoms with Gasteiger partial charge in [-0.15, -0.1) is 0 Å². The van der Waals surface area contributed by atoms with Crippen LogP contribution in [0.5, 0.6) is 0 Å². The molecule has 0 aliphatic carbocycles. The smallest absolute Gasteiger partial charge is 0.731 e. The summed E-state index contributed by atoms with van der Waals surface area (Å²) >= 11 is 0. The number of benzene rings is 1. The minimum absolute atomic E-state index is 0. The Kier molecular flexibility index (Phi) is 7.74. The van der Waals surface area contributed by atoms with Crippen LogP contribution >= 0.6 is 0 Å². The molecular weight excluding hydrogens is 375 g/mol. The van der Waals surface area contributed by atoms with E-state index in [4.69, 9.17) is 5.73 Å².